The number of ether oxygens (including phenoxy) is 1. The summed E-state index contributed by atoms with van der Waals surface area (Å²) in [5.41, 5.74) is 2.00. The molecule has 6 nitrogen and oxygen atoms in total. The van der Waals surface area contributed by atoms with Gasteiger partial charge in [-0.15, -0.1) is 0 Å². The molecule has 1 atom stereocenters. The van der Waals surface area contributed by atoms with Crippen molar-refractivity contribution in [1.29, 1.82) is 0 Å². The number of hydroxylamine groups is 2. The lowest BCUT2D eigenvalue weighted by Crippen LogP contribution is -2.32. The highest BCUT2D eigenvalue weighted by Gasteiger charge is 2.26. The Balaban J connectivity index is 2.07. The first-order chi connectivity index (χ1) is 13.0. The smallest absolute Gasteiger partial charge is 0.429 e. The Morgan fingerprint density at radius 3 is 2.00 bits per heavy atom. The summed E-state index contributed by atoms with van der Waals surface area (Å²) >= 11 is 0. The van der Waals surface area contributed by atoms with Crippen LogP contribution in [0.1, 0.15) is 36.8 Å². The Morgan fingerprint density at radius 1 is 1.00 bits per heavy atom. The van der Waals surface area contributed by atoms with Gasteiger partial charge < -0.3 is 14.4 Å². The molecule has 0 spiro atoms. The van der Waals surface area contributed by atoms with E-state index in [4.69, 9.17) is 9.57 Å². The van der Waals surface area contributed by atoms with Crippen molar-refractivity contribution in [3.63, 3.8) is 0 Å². The molecule has 142 valence electrons. The summed E-state index contributed by atoms with van der Waals surface area (Å²) < 4.78 is 5.42. The molecular weight excluding hydrogens is 346 g/mol. The van der Waals surface area contributed by atoms with Crippen LogP contribution in [0, 0.1) is 0 Å². The zero-order valence-electron chi connectivity index (χ0n) is 15.4. The topological polar surface area (TPSA) is 72.9 Å². The fraction of sp³-hybridized carbons (Fsp3) is 0.286. The van der Waals surface area contributed by atoms with Gasteiger partial charge in [-0.3, -0.25) is 4.79 Å². The molecule has 6 heteroatoms. The summed E-state index contributed by atoms with van der Waals surface area (Å²) in [5, 5.41) is 0.790. The molecule has 0 fully saturated rings. The first kappa shape index (κ1) is 20.2. The number of carbonyl (C=O) groups excluding carboxylic acids is 3. The highest BCUT2D eigenvalue weighted by Crippen LogP contribution is 2.29. The van der Waals surface area contributed by atoms with E-state index in [1.165, 1.54) is 7.05 Å². The number of benzene rings is 2. The highest BCUT2D eigenvalue weighted by atomic mass is 16.8. The second-order valence-electron chi connectivity index (χ2n) is 6.06. The molecule has 2 rings (SSSR count). The van der Waals surface area contributed by atoms with E-state index in [0.29, 0.717) is 6.29 Å². The van der Waals surface area contributed by atoms with Gasteiger partial charge in [0.2, 0.25) is 0 Å². The third kappa shape index (κ3) is 5.95. The van der Waals surface area contributed by atoms with Gasteiger partial charge in [-0.1, -0.05) is 60.7 Å². The van der Waals surface area contributed by atoms with Crippen molar-refractivity contribution < 1.29 is 24.0 Å². The van der Waals surface area contributed by atoms with Gasteiger partial charge in [0.05, 0.1) is 0 Å². The van der Waals surface area contributed by atoms with Crippen molar-refractivity contribution in [2.75, 3.05) is 7.05 Å². The largest absolute Gasteiger partial charge is 0.533 e. The van der Waals surface area contributed by atoms with Gasteiger partial charge in [-0.05, 0) is 18.1 Å². The molecule has 0 aliphatic rings. The maximum absolute atomic E-state index is 12.1. The van der Waals surface area contributed by atoms with Crippen molar-refractivity contribution in [1.82, 2.24) is 5.06 Å². The molecule has 0 heterocycles. The predicted molar refractivity (Wildman–Crippen MR) is 99.8 cm³/mol. The fourth-order valence-electron chi connectivity index (χ4n) is 2.80. The standard InChI is InChI=1S/C21H23NO5/c1-16(26-21(25)27-22(2)19(24)14-9-15-23)20(17-10-5-3-6-11-17)18-12-7-4-8-13-18/h3-8,10-13,15-16,20H,9,14H2,1-2H3. The minimum Gasteiger partial charge on any atom is -0.429 e. The maximum atomic E-state index is 12.1. The summed E-state index contributed by atoms with van der Waals surface area (Å²) in [4.78, 5) is 39.1. The van der Waals surface area contributed by atoms with Gasteiger partial charge in [0.25, 0.3) is 5.91 Å². The molecule has 2 aromatic carbocycles. The van der Waals surface area contributed by atoms with Gasteiger partial charge in [-0.2, -0.15) is 5.06 Å². The third-order valence-electron chi connectivity index (χ3n) is 4.11. The van der Waals surface area contributed by atoms with Crippen LogP contribution in [-0.2, 0) is 19.2 Å². The quantitative estimate of drug-likeness (QED) is 0.423. The Morgan fingerprint density at radius 2 is 1.52 bits per heavy atom. The van der Waals surface area contributed by atoms with Gasteiger partial charge in [0.15, 0.2) is 0 Å². The van der Waals surface area contributed by atoms with Crippen LogP contribution < -0.4 is 0 Å². The first-order valence-corrected chi connectivity index (χ1v) is 8.71. The van der Waals surface area contributed by atoms with Crippen LogP contribution in [0.4, 0.5) is 4.79 Å². The molecule has 1 amide bonds. The van der Waals surface area contributed by atoms with E-state index in [9.17, 15) is 14.4 Å². The minimum atomic E-state index is -0.971. The van der Waals surface area contributed by atoms with Crippen LogP contribution in [0.3, 0.4) is 0 Å². The molecule has 0 radical (unpaired) electrons. The van der Waals surface area contributed by atoms with Crippen LogP contribution in [0.25, 0.3) is 0 Å². The Hall–Kier alpha value is -3.15. The molecule has 0 saturated heterocycles. The average Bonchev–Trinajstić information content (AvgIpc) is 2.67. The molecule has 2 aromatic rings. The zero-order chi connectivity index (χ0) is 19.6. The highest BCUT2D eigenvalue weighted by molar-refractivity contribution is 5.78. The number of nitrogens with zero attached hydrogens (tertiary/aromatic N) is 1. The number of rotatable bonds is 7. The maximum Gasteiger partial charge on any atom is 0.533 e. The van der Waals surface area contributed by atoms with Crippen LogP contribution >= 0.6 is 0 Å². The lowest BCUT2D eigenvalue weighted by Gasteiger charge is -2.25. The molecule has 27 heavy (non-hydrogen) atoms. The molecule has 0 bridgehead atoms. The monoisotopic (exact) mass is 369 g/mol. The Kier molecular flexibility index (Phi) is 7.55. The predicted octanol–water partition coefficient (Wildman–Crippen LogP) is 3.71. The van der Waals surface area contributed by atoms with Crippen LogP contribution in [-0.4, -0.2) is 36.6 Å². The van der Waals surface area contributed by atoms with Crippen LogP contribution in [0.15, 0.2) is 60.7 Å². The Bertz CT molecular complexity index is 708. The van der Waals surface area contributed by atoms with Crippen LogP contribution in [0.2, 0.25) is 0 Å². The number of hydrogen-bond acceptors (Lipinski definition) is 5. The molecular formula is C21H23NO5. The fourth-order valence-corrected chi connectivity index (χ4v) is 2.80. The lowest BCUT2D eigenvalue weighted by molar-refractivity contribution is -0.168. The normalized spacial score (nSPS) is 11.5. The molecule has 0 N–H and O–H groups in total. The van der Waals surface area contributed by atoms with E-state index < -0.39 is 18.2 Å². The van der Waals surface area contributed by atoms with Crippen molar-refractivity contribution in [2.24, 2.45) is 0 Å². The van der Waals surface area contributed by atoms with Gasteiger partial charge in [-0.25, -0.2) is 4.79 Å². The second-order valence-corrected chi connectivity index (χ2v) is 6.06. The number of hydrogen-bond donors (Lipinski definition) is 0. The first-order valence-electron chi connectivity index (χ1n) is 8.71. The lowest BCUT2D eigenvalue weighted by atomic mass is 9.87. The second kappa shape index (κ2) is 10.1. The minimum absolute atomic E-state index is 0.0283. The molecule has 0 aliphatic carbocycles. The van der Waals surface area contributed by atoms with E-state index in [0.717, 1.165) is 16.2 Å². The number of carbonyl (C=O) groups is 3. The summed E-state index contributed by atoms with van der Waals surface area (Å²) in [7, 11) is 1.31. The molecule has 0 saturated carbocycles. The van der Waals surface area contributed by atoms with Crippen molar-refractivity contribution >= 4 is 18.3 Å². The summed E-state index contributed by atoms with van der Waals surface area (Å²) in [5.74, 6) is -0.662. The van der Waals surface area contributed by atoms with E-state index in [1.807, 2.05) is 60.7 Å². The van der Waals surface area contributed by atoms with Gasteiger partial charge in [0.1, 0.15) is 12.4 Å². The molecule has 0 aromatic heterocycles. The van der Waals surface area contributed by atoms with E-state index >= 15 is 0 Å². The SMILES string of the molecule is CC(OC(=O)ON(C)C(=O)CCC=O)C(c1ccccc1)c1ccccc1. The Labute approximate surface area is 158 Å². The van der Waals surface area contributed by atoms with Gasteiger partial charge >= 0.3 is 6.16 Å². The summed E-state index contributed by atoms with van der Waals surface area (Å²) in [6.45, 7) is 1.78. The number of aldehydes is 1. The van der Waals surface area contributed by atoms with E-state index in [1.54, 1.807) is 6.92 Å². The molecule has 1 unspecified atom stereocenters. The van der Waals surface area contributed by atoms with E-state index in [2.05, 4.69) is 0 Å². The average molecular weight is 369 g/mol. The number of amides is 1. The van der Waals surface area contributed by atoms with Gasteiger partial charge in [0, 0.05) is 25.8 Å². The summed E-state index contributed by atoms with van der Waals surface area (Å²) in [6.07, 6.45) is -0.819. The van der Waals surface area contributed by atoms with Crippen molar-refractivity contribution in [3.8, 4) is 0 Å². The molecule has 0 aliphatic heterocycles. The third-order valence-corrected chi connectivity index (χ3v) is 4.11. The van der Waals surface area contributed by atoms with E-state index in [-0.39, 0.29) is 18.8 Å². The van der Waals surface area contributed by atoms with Crippen molar-refractivity contribution in [2.45, 2.75) is 31.8 Å². The van der Waals surface area contributed by atoms with Crippen LogP contribution in [0.5, 0.6) is 0 Å². The summed E-state index contributed by atoms with van der Waals surface area (Å²) in [6, 6.07) is 19.4. The van der Waals surface area contributed by atoms with Crippen molar-refractivity contribution in [3.05, 3.63) is 71.8 Å². The zero-order valence-corrected chi connectivity index (χ0v) is 15.4.